The predicted molar refractivity (Wildman–Crippen MR) is 127 cm³/mol. The van der Waals surface area contributed by atoms with Crippen molar-refractivity contribution in [3.8, 4) is 5.75 Å². The van der Waals surface area contributed by atoms with Crippen LogP contribution in [0.4, 0.5) is 0 Å². The summed E-state index contributed by atoms with van der Waals surface area (Å²) in [6.07, 6.45) is 5.27. The first-order valence-corrected chi connectivity index (χ1v) is 11.4. The number of hydrogen-bond donors (Lipinski definition) is 1. The van der Waals surface area contributed by atoms with Crippen molar-refractivity contribution in [3.05, 3.63) is 95.3 Å². The van der Waals surface area contributed by atoms with Crippen LogP contribution in [0.1, 0.15) is 30.0 Å². The molecule has 4 rings (SSSR count). The summed E-state index contributed by atoms with van der Waals surface area (Å²) in [6.45, 7) is 2.61. The van der Waals surface area contributed by atoms with E-state index in [1.165, 1.54) is 0 Å². The molecule has 1 aromatic heterocycles. The Bertz CT molecular complexity index is 977. The highest BCUT2D eigenvalue weighted by Gasteiger charge is 2.32. The van der Waals surface area contributed by atoms with Crippen LogP contribution in [0.2, 0.25) is 5.02 Å². The molecular weight excluding hydrogens is 422 g/mol. The number of benzene rings is 2. The van der Waals surface area contributed by atoms with Gasteiger partial charge in [-0.2, -0.15) is 0 Å². The lowest BCUT2D eigenvalue weighted by Gasteiger charge is -2.36. The van der Waals surface area contributed by atoms with E-state index in [-0.39, 0.29) is 17.9 Å². The molecule has 166 valence electrons. The molecule has 1 amide bonds. The number of pyridine rings is 1. The van der Waals surface area contributed by atoms with Crippen molar-refractivity contribution >= 4 is 17.5 Å². The molecule has 32 heavy (non-hydrogen) atoms. The third-order valence-corrected chi connectivity index (χ3v) is 6.07. The lowest BCUT2D eigenvalue weighted by molar-refractivity contribution is -0.138. The fourth-order valence-corrected chi connectivity index (χ4v) is 4.31. The molecule has 1 N–H and O–H groups in total. The lowest BCUT2D eigenvalue weighted by atomic mass is 9.92. The highest BCUT2D eigenvalue weighted by Crippen LogP contribution is 2.31. The molecule has 2 aromatic carbocycles. The summed E-state index contributed by atoms with van der Waals surface area (Å²) in [5.74, 6) is 0.956. The van der Waals surface area contributed by atoms with Crippen molar-refractivity contribution in [2.75, 3.05) is 26.2 Å². The molecule has 0 aliphatic carbocycles. The van der Waals surface area contributed by atoms with E-state index in [4.69, 9.17) is 16.3 Å². The van der Waals surface area contributed by atoms with E-state index in [2.05, 4.69) is 10.3 Å². The largest absolute Gasteiger partial charge is 0.492 e. The van der Waals surface area contributed by atoms with Gasteiger partial charge < -0.3 is 15.0 Å². The number of hydrogen-bond acceptors (Lipinski definition) is 4. The second-order valence-corrected chi connectivity index (χ2v) is 8.39. The minimum atomic E-state index is -0.261. The van der Waals surface area contributed by atoms with Crippen LogP contribution in [-0.4, -0.2) is 42.0 Å². The first-order valence-electron chi connectivity index (χ1n) is 11.1. The normalized spacial score (nSPS) is 15.2. The molecule has 1 unspecified atom stereocenters. The van der Waals surface area contributed by atoms with E-state index in [0.29, 0.717) is 18.2 Å². The second kappa shape index (κ2) is 11.1. The molecule has 1 atom stereocenters. The summed E-state index contributed by atoms with van der Waals surface area (Å²) in [4.78, 5) is 20.1. The standard InChI is InChI=1S/C26H28ClN3O2/c27-23-10-8-20(9-11-23)25(22-5-4-14-29-19-22)30(26(31)21-12-15-28-16-13-21)17-18-32-24-6-2-1-3-7-24/h1-11,14,19,21,25,28H,12-13,15-18H2. The van der Waals surface area contributed by atoms with Gasteiger partial charge in [0.1, 0.15) is 12.4 Å². The quantitative estimate of drug-likeness (QED) is 0.540. The maximum absolute atomic E-state index is 13.8. The van der Waals surface area contributed by atoms with Gasteiger partial charge in [0.05, 0.1) is 12.6 Å². The number of para-hydroxylation sites is 1. The number of halogens is 1. The van der Waals surface area contributed by atoms with Crippen LogP contribution in [0.5, 0.6) is 5.75 Å². The zero-order valence-electron chi connectivity index (χ0n) is 18.0. The first kappa shape index (κ1) is 22.3. The zero-order valence-corrected chi connectivity index (χ0v) is 18.7. The maximum Gasteiger partial charge on any atom is 0.226 e. The summed E-state index contributed by atoms with van der Waals surface area (Å²) in [6, 6.07) is 21.1. The molecule has 1 saturated heterocycles. The van der Waals surface area contributed by atoms with Crippen molar-refractivity contribution in [2.45, 2.75) is 18.9 Å². The lowest BCUT2D eigenvalue weighted by Crippen LogP contribution is -2.44. The van der Waals surface area contributed by atoms with Gasteiger partial charge in [-0.05, 0) is 67.4 Å². The average Bonchev–Trinajstić information content (AvgIpc) is 2.86. The smallest absolute Gasteiger partial charge is 0.226 e. The second-order valence-electron chi connectivity index (χ2n) is 7.96. The fourth-order valence-electron chi connectivity index (χ4n) is 4.18. The Morgan fingerprint density at radius 1 is 1.03 bits per heavy atom. The Morgan fingerprint density at radius 3 is 2.47 bits per heavy atom. The van der Waals surface area contributed by atoms with Gasteiger partial charge in [0.25, 0.3) is 0 Å². The summed E-state index contributed by atoms with van der Waals surface area (Å²) in [7, 11) is 0. The molecule has 1 aliphatic rings. The average molecular weight is 450 g/mol. The van der Waals surface area contributed by atoms with Crippen LogP contribution in [0.25, 0.3) is 0 Å². The van der Waals surface area contributed by atoms with Crippen molar-refractivity contribution < 1.29 is 9.53 Å². The summed E-state index contributed by atoms with van der Waals surface area (Å²) < 4.78 is 5.97. The van der Waals surface area contributed by atoms with Crippen LogP contribution >= 0.6 is 11.6 Å². The number of piperidine rings is 1. The Balaban J connectivity index is 1.64. The number of carbonyl (C=O) groups excluding carboxylic acids is 1. The number of amides is 1. The van der Waals surface area contributed by atoms with Gasteiger partial charge in [-0.3, -0.25) is 9.78 Å². The van der Waals surface area contributed by atoms with Crippen LogP contribution in [0.15, 0.2) is 79.1 Å². The molecule has 1 aliphatic heterocycles. The molecule has 1 fully saturated rings. The topological polar surface area (TPSA) is 54.5 Å². The zero-order chi connectivity index (χ0) is 22.2. The molecule has 2 heterocycles. The van der Waals surface area contributed by atoms with Crippen molar-refractivity contribution in [1.29, 1.82) is 0 Å². The molecule has 0 radical (unpaired) electrons. The Labute approximate surface area is 194 Å². The number of nitrogens with zero attached hydrogens (tertiary/aromatic N) is 2. The predicted octanol–water partition coefficient (Wildman–Crippen LogP) is 4.73. The van der Waals surface area contributed by atoms with Crippen LogP contribution in [0, 0.1) is 5.92 Å². The minimum Gasteiger partial charge on any atom is -0.492 e. The number of nitrogens with one attached hydrogen (secondary N) is 1. The Kier molecular flexibility index (Phi) is 7.75. The van der Waals surface area contributed by atoms with Crippen LogP contribution < -0.4 is 10.1 Å². The van der Waals surface area contributed by atoms with Gasteiger partial charge in [0, 0.05) is 23.3 Å². The summed E-state index contributed by atoms with van der Waals surface area (Å²) in [5, 5.41) is 4.02. The van der Waals surface area contributed by atoms with Crippen LogP contribution in [-0.2, 0) is 4.79 Å². The van der Waals surface area contributed by atoms with Gasteiger partial charge in [0.15, 0.2) is 0 Å². The van der Waals surface area contributed by atoms with Crippen LogP contribution in [0.3, 0.4) is 0 Å². The van der Waals surface area contributed by atoms with E-state index in [1.54, 1.807) is 6.20 Å². The molecule has 0 saturated carbocycles. The van der Waals surface area contributed by atoms with Gasteiger partial charge in [-0.1, -0.05) is 48.0 Å². The fraction of sp³-hybridized carbons (Fsp3) is 0.308. The highest BCUT2D eigenvalue weighted by molar-refractivity contribution is 6.30. The minimum absolute atomic E-state index is 0.000512. The molecule has 6 heteroatoms. The van der Waals surface area contributed by atoms with Gasteiger partial charge in [-0.25, -0.2) is 0 Å². The molecule has 3 aromatic rings. The first-order chi connectivity index (χ1) is 15.7. The third-order valence-electron chi connectivity index (χ3n) is 5.81. The van der Waals surface area contributed by atoms with E-state index in [0.717, 1.165) is 42.8 Å². The monoisotopic (exact) mass is 449 g/mol. The molecule has 0 bridgehead atoms. The molecule has 0 spiro atoms. The molecular formula is C26H28ClN3O2. The van der Waals surface area contributed by atoms with E-state index >= 15 is 0 Å². The van der Waals surface area contributed by atoms with Gasteiger partial charge >= 0.3 is 0 Å². The van der Waals surface area contributed by atoms with E-state index < -0.39 is 0 Å². The van der Waals surface area contributed by atoms with Crippen molar-refractivity contribution in [3.63, 3.8) is 0 Å². The van der Waals surface area contributed by atoms with Gasteiger partial charge in [-0.15, -0.1) is 0 Å². The number of aromatic nitrogens is 1. The Morgan fingerprint density at radius 2 is 1.78 bits per heavy atom. The van der Waals surface area contributed by atoms with E-state index in [1.807, 2.05) is 77.8 Å². The van der Waals surface area contributed by atoms with E-state index in [9.17, 15) is 4.79 Å². The summed E-state index contributed by atoms with van der Waals surface area (Å²) in [5.41, 5.74) is 1.97. The number of rotatable bonds is 8. The Hall–Kier alpha value is -2.89. The van der Waals surface area contributed by atoms with Crippen molar-refractivity contribution in [2.24, 2.45) is 5.92 Å². The SMILES string of the molecule is O=C(C1CCNCC1)N(CCOc1ccccc1)C(c1ccc(Cl)cc1)c1cccnc1. The maximum atomic E-state index is 13.8. The van der Waals surface area contributed by atoms with Gasteiger partial charge in [0.2, 0.25) is 5.91 Å². The third kappa shape index (κ3) is 5.67. The highest BCUT2D eigenvalue weighted by atomic mass is 35.5. The number of carbonyl (C=O) groups is 1. The summed E-state index contributed by atoms with van der Waals surface area (Å²) >= 11 is 6.16. The molecule has 5 nitrogen and oxygen atoms in total. The van der Waals surface area contributed by atoms with Crippen molar-refractivity contribution in [1.82, 2.24) is 15.2 Å². The number of ether oxygens (including phenoxy) is 1.